The van der Waals surface area contributed by atoms with Crippen molar-refractivity contribution in [1.82, 2.24) is 24.7 Å². The van der Waals surface area contributed by atoms with Crippen LogP contribution in [-0.2, 0) is 6.54 Å². The van der Waals surface area contributed by atoms with E-state index in [0.717, 1.165) is 36.8 Å². The maximum absolute atomic E-state index is 14.0. The van der Waals surface area contributed by atoms with Gasteiger partial charge >= 0.3 is 6.03 Å². The van der Waals surface area contributed by atoms with Crippen LogP contribution in [0.1, 0.15) is 43.7 Å². The number of piperazine rings is 1. The normalized spacial score (nSPS) is 23.7. The van der Waals surface area contributed by atoms with Gasteiger partial charge in [-0.1, -0.05) is 37.1 Å². The standard InChI is InChI=1S/C32H38FN5O4/c1-42-28-10-3-2-9-25(28)26-18-29(39)37(22-35-26)21-32(41)13-15-36(20-31(32)11-4-5-12-31)30(40)38-16-14-34-19-27(38)23-7-6-8-24(33)17-23/h2-3,6-10,17-18,22,27,34,41H,4-5,11-16,19-21H2,1H3/t27-,32+/m0/s1. The molecule has 1 aromatic heterocycles. The third-order valence-corrected chi connectivity index (χ3v) is 9.52. The molecule has 2 aliphatic heterocycles. The molecule has 2 N–H and O–H groups in total. The largest absolute Gasteiger partial charge is 0.496 e. The molecular weight excluding hydrogens is 537 g/mol. The number of hydrogen-bond acceptors (Lipinski definition) is 6. The van der Waals surface area contributed by atoms with E-state index in [4.69, 9.17) is 4.74 Å². The van der Waals surface area contributed by atoms with E-state index in [-0.39, 0.29) is 30.0 Å². The lowest BCUT2D eigenvalue weighted by Crippen LogP contribution is -2.64. The number of urea groups is 1. The van der Waals surface area contributed by atoms with E-state index in [2.05, 4.69) is 10.3 Å². The monoisotopic (exact) mass is 575 g/mol. The Hall–Kier alpha value is -3.76. The number of ether oxygens (including phenoxy) is 1. The number of carbonyl (C=O) groups excluding carboxylic acids is 1. The third-order valence-electron chi connectivity index (χ3n) is 9.52. The number of rotatable bonds is 5. The Morgan fingerprint density at radius 3 is 2.69 bits per heavy atom. The number of aliphatic hydroxyl groups is 1. The average molecular weight is 576 g/mol. The van der Waals surface area contributed by atoms with Crippen molar-refractivity contribution < 1.29 is 19.0 Å². The number of benzene rings is 2. The van der Waals surface area contributed by atoms with Gasteiger partial charge in [-0.2, -0.15) is 0 Å². The molecule has 2 saturated heterocycles. The number of piperidine rings is 1. The summed E-state index contributed by atoms with van der Waals surface area (Å²) in [6, 6.07) is 15.0. The fourth-order valence-electron chi connectivity index (χ4n) is 7.22. The predicted octanol–water partition coefficient (Wildman–Crippen LogP) is 3.82. The zero-order chi connectivity index (χ0) is 29.3. The summed E-state index contributed by atoms with van der Waals surface area (Å²) < 4.78 is 21.0. The van der Waals surface area contributed by atoms with Gasteiger partial charge in [-0.05, 0) is 49.1 Å². The van der Waals surface area contributed by atoms with Crippen molar-refractivity contribution in [2.24, 2.45) is 5.41 Å². The minimum absolute atomic E-state index is 0.0842. The Labute approximate surface area is 244 Å². The highest BCUT2D eigenvalue weighted by Gasteiger charge is 2.56. The average Bonchev–Trinajstić information content (AvgIpc) is 3.49. The smallest absolute Gasteiger partial charge is 0.320 e. The van der Waals surface area contributed by atoms with Crippen LogP contribution in [0.4, 0.5) is 9.18 Å². The minimum Gasteiger partial charge on any atom is -0.496 e. The first-order valence-corrected chi connectivity index (χ1v) is 14.8. The number of amides is 2. The Morgan fingerprint density at radius 1 is 1.12 bits per heavy atom. The van der Waals surface area contributed by atoms with E-state index in [1.807, 2.05) is 40.1 Å². The van der Waals surface area contributed by atoms with Crippen molar-refractivity contribution >= 4 is 6.03 Å². The summed E-state index contributed by atoms with van der Waals surface area (Å²) in [7, 11) is 1.58. The first kappa shape index (κ1) is 28.4. The van der Waals surface area contributed by atoms with E-state index < -0.39 is 11.0 Å². The fraction of sp³-hybridized carbons (Fsp3) is 0.469. The van der Waals surface area contributed by atoms with Crippen LogP contribution in [0.2, 0.25) is 0 Å². The van der Waals surface area contributed by atoms with Crippen molar-refractivity contribution in [3.05, 3.63) is 82.7 Å². The van der Waals surface area contributed by atoms with Crippen LogP contribution in [0.5, 0.6) is 5.75 Å². The summed E-state index contributed by atoms with van der Waals surface area (Å²) in [6.07, 6.45) is 5.35. The highest BCUT2D eigenvalue weighted by Crippen LogP contribution is 2.52. The van der Waals surface area contributed by atoms with Crippen LogP contribution >= 0.6 is 0 Å². The van der Waals surface area contributed by atoms with Gasteiger partial charge in [-0.15, -0.1) is 0 Å². The second-order valence-corrected chi connectivity index (χ2v) is 11.9. The number of para-hydroxylation sites is 1. The van der Waals surface area contributed by atoms with Gasteiger partial charge in [0.1, 0.15) is 11.6 Å². The van der Waals surface area contributed by atoms with E-state index in [0.29, 0.717) is 50.6 Å². The molecule has 222 valence electrons. The van der Waals surface area contributed by atoms with Gasteiger partial charge in [0.2, 0.25) is 0 Å². The number of aromatic nitrogens is 2. The van der Waals surface area contributed by atoms with Gasteiger partial charge in [0.25, 0.3) is 5.56 Å². The summed E-state index contributed by atoms with van der Waals surface area (Å²) >= 11 is 0. The molecule has 2 atom stereocenters. The maximum atomic E-state index is 14.0. The number of nitrogens with zero attached hydrogens (tertiary/aromatic N) is 4. The predicted molar refractivity (Wildman–Crippen MR) is 157 cm³/mol. The van der Waals surface area contributed by atoms with E-state index in [1.165, 1.54) is 29.1 Å². The highest BCUT2D eigenvalue weighted by atomic mass is 19.1. The Kier molecular flexibility index (Phi) is 7.76. The second kappa shape index (κ2) is 11.5. The number of methoxy groups -OCH3 is 1. The van der Waals surface area contributed by atoms with Gasteiger partial charge in [0.05, 0.1) is 37.3 Å². The van der Waals surface area contributed by atoms with Gasteiger partial charge < -0.3 is 25.0 Å². The molecule has 10 heteroatoms. The van der Waals surface area contributed by atoms with Gasteiger partial charge in [-0.25, -0.2) is 14.2 Å². The molecule has 1 aliphatic carbocycles. The molecule has 3 heterocycles. The Morgan fingerprint density at radius 2 is 1.93 bits per heavy atom. The summed E-state index contributed by atoms with van der Waals surface area (Å²) in [5.41, 5.74) is 0.0765. The van der Waals surface area contributed by atoms with Gasteiger partial charge in [0.15, 0.2) is 0 Å². The van der Waals surface area contributed by atoms with Crippen LogP contribution in [-0.4, -0.2) is 75.9 Å². The SMILES string of the molecule is COc1ccccc1-c1cc(=O)n(C[C@]2(O)CCN(C(=O)N3CCNC[C@H]3c3cccc(F)c3)CC23CCCC3)cn1. The molecule has 6 rings (SSSR count). The molecule has 42 heavy (non-hydrogen) atoms. The molecule has 0 radical (unpaired) electrons. The van der Waals surface area contributed by atoms with Crippen molar-refractivity contribution in [2.45, 2.75) is 50.3 Å². The van der Waals surface area contributed by atoms with Crippen molar-refractivity contribution in [3.63, 3.8) is 0 Å². The third kappa shape index (κ3) is 5.18. The Balaban J connectivity index is 1.23. The fourth-order valence-corrected chi connectivity index (χ4v) is 7.22. The zero-order valence-electron chi connectivity index (χ0n) is 24.0. The summed E-state index contributed by atoms with van der Waals surface area (Å²) in [4.78, 5) is 35.5. The summed E-state index contributed by atoms with van der Waals surface area (Å²) in [5.74, 6) is 0.311. The van der Waals surface area contributed by atoms with Crippen LogP contribution in [0.25, 0.3) is 11.3 Å². The summed E-state index contributed by atoms with van der Waals surface area (Å²) in [6.45, 7) is 2.65. The molecule has 3 aromatic rings. The number of nitrogens with one attached hydrogen (secondary N) is 1. The molecule has 2 amide bonds. The van der Waals surface area contributed by atoms with E-state index in [1.54, 1.807) is 13.2 Å². The molecular formula is C32H38FN5O4. The minimum atomic E-state index is -1.16. The van der Waals surface area contributed by atoms with Crippen molar-refractivity contribution in [1.29, 1.82) is 0 Å². The van der Waals surface area contributed by atoms with Crippen molar-refractivity contribution in [2.75, 3.05) is 39.8 Å². The molecule has 0 bridgehead atoms. The highest BCUT2D eigenvalue weighted by molar-refractivity contribution is 5.75. The zero-order valence-corrected chi connectivity index (χ0v) is 24.0. The van der Waals surface area contributed by atoms with Gasteiger partial charge in [0, 0.05) is 49.8 Å². The van der Waals surface area contributed by atoms with Gasteiger partial charge in [-0.3, -0.25) is 9.36 Å². The van der Waals surface area contributed by atoms with Crippen LogP contribution in [0.15, 0.2) is 65.7 Å². The molecule has 9 nitrogen and oxygen atoms in total. The number of carbonyl (C=O) groups is 1. The first-order valence-electron chi connectivity index (χ1n) is 14.8. The quantitative estimate of drug-likeness (QED) is 0.480. The summed E-state index contributed by atoms with van der Waals surface area (Å²) in [5, 5.41) is 15.6. The number of halogens is 1. The molecule has 2 aromatic carbocycles. The van der Waals surface area contributed by atoms with E-state index >= 15 is 0 Å². The first-order chi connectivity index (χ1) is 20.3. The Bertz CT molecular complexity index is 1510. The molecule has 1 spiro atoms. The topological polar surface area (TPSA) is 99.9 Å². The lowest BCUT2D eigenvalue weighted by Gasteiger charge is -2.53. The second-order valence-electron chi connectivity index (χ2n) is 11.9. The lowest BCUT2D eigenvalue weighted by molar-refractivity contribution is -0.137. The number of hydrogen-bond donors (Lipinski definition) is 2. The molecule has 0 unspecified atom stereocenters. The van der Waals surface area contributed by atoms with Crippen LogP contribution in [0, 0.1) is 11.2 Å². The molecule has 3 aliphatic rings. The van der Waals surface area contributed by atoms with Crippen LogP contribution < -0.4 is 15.6 Å². The maximum Gasteiger partial charge on any atom is 0.320 e. The lowest BCUT2D eigenvalue weighted by atomic mass is 9.66. The van der Waals surface area contributed by atoms with Crippen LogP contribution in [0.3, 0.4) is 0 Å². The van der Waals surface area contributed by atoms with Crippen molar-refractivity contribution in [3.8, 4) is 17.0 Å². The number of likely N-dealkylation sites (tertiary alicyclic amines) is 1. The molecule has 1 saturated carbocycles. The van der Waals surface area contributed by atoms with E-state index in [9.17, 15) is 19.1 Å². The molecule has 3 fully saturated rings.